The molecule has 0 fully saturated rings. The van der Waals surface area contributed by atoms with Gasteiger partial charge in [-0.15, -0.1) is 0 Å². The van der Waals surface area contributed by atoms with Gasteiger partial charge in [0, 0.05) is 49.9 Å². The van der Waals surface area contributed by atoms with Crippen molar-refractivity contribution in [3.05, 3.63) is 108 Å². The summed E-state index contributed by atoms with van der Waals surface area (Å²) in [7, 11) is 6.30. The van der Waals surface area contributed by atoms with E-state index in [1.165, 1.54) is 43.2 Å². The zero-order valence-corrected chi connectivity index (χ0v) is 20.3. The molecule has 0 N–H and O–H groups in total. The van der Waals surface area contributed by atoms with Gasteiger partial charge in [-0.2, -0.15) is 4.57 Å². The Labute approximate surface area is 203 Å². The van der Waals surface area contributed by atoms with Crippen molar-refractivity contribution < 1.29 is 4.57 Å². The lowest BCUT2D eigenvalue weighted by atomic mass is 9.97. The van der Waals surface area contributed by atoms with Crippen molar-refractivity contribution in [3.63, 3.8) is 0 Å². The summed E-state index contributed by atoms with van der Waals surface area (Å²) in [6.07, 6.45) is 8.40. The van der Waals surface area contributed by atoms with Crippen LogP contribution in [0.25, 0.3) is 38.7 Å². The van der Waals surface area contributed by atoms with Gasteiger partial charge in [0.25, 0.3) is 5.01 Å². The molecule has 0 bridgehead atoms. The van der Waals surface area contributed by atoms with Gasteiger partial charge in [-0.1, -0.05) is 59.9 Å². The van der Waals surface area contributed by atoms with Crippen LogP contribution in [0.1, 0.15) is 16.4 Å². The minimum Gasteiger partial charge on any atom is -0.341 e. The van der Waals surface area contributed by atoms with Crippen LogP contribution in [-0.4, -0.2) is 16.6 Å². The van der Waals surface area contributed by atoms with Gasteiger partial charge in [-0.05, 0) is 41.0 Å². The molecule has 0 radical (unpaired) electrons. The molecule has 5 heteroatoms. The Morgan fingerprint density at radius 3 is 2.50 bits per heavy atom. The van der Waals surface area contributed by atoms with E-state index in [0.29, 0.717) is 0 Å². The molecule has 0 spiro atoms. The highest BCUT2D eigenvalue weighted by Crippen LogP contribution is 2.39. The van der Waals surface area contributed by atoms with Crippen molar-refractivity contribution in [2.24, 2.45) is 14.1 Å². The number of aromatic nitrogens is 3. The summed E-state index contributed by atoms with van der Waals surface area (Å²) in [5, 5.41) is 1.21. The molecule has 0 unspecified atom stereocenters. The number of hydrogen-bond donors (Lipinski definition) is 0. The first-order valence-electron chi connectivity index (χ1n) is 11.3. The Kier molecular flexibility index (Phi) is 4.93. The average molecular weight is 462 g/mol. The third-order valence-corrected chi connectivity index (χ3v) is 7.68. The standard InChI is InChI=1S/C29H25N4S/c1-31-16-15-30-29(31)26-17-22(23-11-7-8-12-24(23)32(26)2)19-28-33(3)25-14-13-21(18-27(25)34-28)20-9-5-4-6-10-20/h4-19H,1-3H3/q+1. The number of hydrogen-bond acceptors (Lipinski definition) is 3. The van der Waals surface area contributed by atoms with Gasteiger partial charge in [0.2, 0.25) is 5.52 Å². The Balaban J connectivity index is 1.50. The number of para-hydroxylation sites is 1. The van der Waals surface area contributed by atoms with Crippen molar-refractivity contribution in [2.45, 2.75) is 0 Å². The van der Waals surface area contributed by atoms with Crippen molar-refractivity contribution in [3.8, 4) is 11.1 Å². The van der Waals surface area contributed by atoms with Crippen LogP contribution in [-0.2, 0) is 14.1 Å². The van der Waals surface area contributed by atoms with E-state index in [-0.39, 0.29) is 0 Å². The maximum Gasteiger partial charge on any atom is 0.263 e. The number of anilines is 1. The largest absolute Gasteiger partial charge is 0.341 e. The predicted octanol–water partition coefficient (Wildman–Crippen LogP) is 6.16. The minimum absolute atomic E-state index is 0.955. The minimum atomic E-state index is 0.955. The van der Waals surface area contributed by atoms with Gasteiger partial charge in [0.15, 0.2) is 5.82 Å². The predicted molar refractivity (Wildman–Crippen MR) is 142 cm³/mol. The number of nitrogens with zero attached hydrogens (tertiary/aromatic N) is 4. The second-order valence-corrected chi connectivity index (χ2v) is 9.68. The number of allylic oxidation sites excluding steroid dienone is 2. The van der Waals surface area contributed by atoms with Crippen LogP contribution in [0.3, 0.4) is 0 Å². The molecular weight excluding hydrogens is 436 g/mol. The molecule has 1 aliphatic rings. The maximum atomic E-state index is 4.62. The molecule has 4 nitrogen and oxygen atoms in total. The summed E-state index contributed by atoms with van der Waals surface area (Å²) >= 11 is 1.83. The lowest BCUT2D eigenvalue weighted by Crippen LogP contribution is -2.29. The third kappa shape index (κ3) is 3.37. The highest BCUT2D eigenvalue weighted by Gasteiger charge is 2.24. The third-order valence-electron chi connectivity index (χ3n) is 6.53. The first kappa shape index (κ1) is 20.6. The van der Waals surface area contributed by atoms with E-state index < -0.39 is 0 Å². The van der Waals surface area contributed by atoms with E-state index in [9.17, 15) is 0 Å². The molecule has 3 heterocycles. The number of thiazole rings is 1. The highest BCUT2D eigenvalue weighted by molar-refractivity contribution is 7.19. The van der Waals surface area contributed by atoms with Gasteiger partial charge < -0.3 is 9.47 Å². The second kappa shape index (κ2) is 8.12. The molecule has 1 aliphatic heterocycles. The van der Waals surface area contributed by atoms with Crippen LogP contribution in [0, 0.1) is 0 Å². The monoisotopic (exact) mass is 461 g/mol. The summed E-state index contributed by atoms with van der Waals surface area (Å²) in [5.74, 6) is 0.955. The molecule has 0 saturated heterocycles. The Morgan fingerprint density at radius 2 is 1.71 bits per heavy atom. The van der Waals surface area contributed by atoms with Crippen molar-refractivity contribution in [2.75, 3.05) is 11.9 Å². The maximum absolute atomic E-state index is 4.62. The number of imidazole rings is 1. The molecule has 166 valence electrons. The molecule has 0 atom stereocenters. The molecule has 2 aromatic heterocycles. The smallest absolute Gasteiger partial charge is 0.263 e. The summed E-state index contributed by atoms with van der Waals surface area (Å²) in [4.78, 5) is 6.85. The fourth-order valence-corrected chi connectivity index (χ4v) is 5.79. The zero-order valence-electron chi connectivity index (χ0n) is 19.4. The fraction of sp³-hybridized carbons (Fsp3) is 0.103. The lowest BCUT2D eigenvalue weighted by Gasteiger charge is -2.29. The van der Waals surface area contributed by atoms with Gasteiger partial charge in [-0.25, -0.2) is 4.98 Å². The normalized spacial score (nSPS) is 14.5. The molecule has 0 aliphatic carbocycles. The molecule has 34 heavy (non-hydrogen) atoms. The van der Waals surface area contributed by atoms with E-state index in [2.05, 4.69) is 118 Å². The number of rotatable bonds is 3. The molecule has 6 rings (SSSR count). The first-order chi connectivity index (χ1) is 16.6. The van der Waals surface area contributed by atoms with Gasteiger partial charge >= 0.3 is 0 Å². The lowest BCUT2D eigenvalue weighted by molar-refractivity contribution is -0.642. The van der Waals surface area contributed by atoms with E-state index in [0.717, 1.165) is 11.5 Å². The number of aryl methyl sites for hydroxylation is 2. The fourth-order valence-electron chi connectivity index (χ4n) is 4.65. The topological polar surface area (TPSA) is 24.9 Å². The van der Waals surface area contributed by atoms with Crippen LogP contribution in [0.15, 0.2) is 91.3 Å². The van der Waals surface area contributed by atoms with E-state index in [1.807, 2.05) is 30.8 Å². The quantitative estimate of drug-likeness (QED) is 0.301. The van der Waals surface area contributed by atoms with Crippen LogP contribution < -0.4 is 9.47 Å². The Hall–Kier alpha value is -3.96. The molecule has 3 aromatic carbocycles. The van der Waals surface area contributed by atoms with Gasteiger partial charge in [0.1, 0.15) is 11.7 Å². The van der Waals surface area contributed by atoms with Gasteiger partial charge in [-0.3, -0.25) is 0 Å². The highest BCUT2D eigenvalue weighted by atomic mass is 32.1. The molecule has 0 saturated carbocycles. The van der Waals surface area contributed by atoms with Crippen LogP contribution in [0.4, 0.5) is 5.69 Å². The Morgan fingerprint density at radius 1 is 0.912 bits per heavy atom. The summed E-state index contributed by atoms with van der Waals surface area (Å²) in [6.45, 7) is 0. The molecule has 0 amide bonds. The van der Waals surface area contributed by atoms with Crippen molar-refractivity contribution >= 4 is 44.6 Å². The van der Waals surface area contributed by atoms with Crippen LogP contribution >= 0.6 is 11.3 Å². The first-order valence-corrected chi connectivity index (χ1v) is 12.1. The van der Waals surface area contributed by atoms with Crippen molar-refractivity contribution in [1.82, 2.24) is 9.55 Å². The van der Waals surface area contributed by atoms with Crippen LogP contribution in [0.2, 0.25) is 0 Å². The summed E-state index contributed by atoms with van der Waals surface area (Å²) < 4.78 is 5.64. The summed E-state index contributed by atoms with van der Waals surface area (Å²) in [5.41, 5.74) is 8.42. The van der Waals surface area contributed by atoms with E-state index in [1.54, 1.807) is 0 Å². The number of benzene rings is 3. The van der Waals surface area contributed by atoms with E-state index in [4.69, 9.17) is 0 Å². The SMILES string of the molecule is CN1C(c2nccn2C)=CC(=Cc2sc3cc(-c4ccccc4)ccc3[n+]2C)c2ccccc21. The van der Waals surface area contributed by atoms with E-state index >= 15 is 0 Å². The summed E-state index contributed by atoms with van der Waals surface area (Å²) in [6, 6.07) is 25.9. The molecule has 5 aromatic rings. The van der Waals surface area contributed by atoms with Gasteiger partial charge in [0.05, 0.1) is 5.70 Å². The second-order valence-electron chi connectivity index (χ2n) is 8.62. The van der Waals surface area contributed by atoms with Crippen molar-refractivity contribution in [1.29, 1.82) is 0 Å². The van der Waals surface area contributed by atoms with Crippen LogP contribution in [0.5, 0.6) is 0 Å². The number of fused-ring (bicyclic) bond motifs is 2. The average Bonchev–Trinajstić information content (AvgIpc) is 3.43. The Bertz CT molecular complexity index is 1590. The molecular formula is C29H25N4S+. The zero-order chi connectivity index (χ0) is 23.2.